The standard InChI is InChI=1S/C11H17N/c1-6-7-8-11(9(2)3)10(4)12-5/h6-8H,2H2,1,3-5H3/b7-6-,11-8+,12-10-. The Morgan fingerprint density at radius 2 is 1.92 bits per heavy atom. The van der Waals surface area contributed by atoms with Crippen LogP contribution in [-0.4, -0.2) is 12.8 Å². The van der Waals surface area contributed by atoms with Gasteiger partial charge in [0.05, 0.1) is 0 Å². The zero-order chi connectivity index (χ0) is 9.56. The number of aliphatic imine (C=N–C) groups is 1. The molecule has 0 bridgehead atoms. The fraction of sp³-hybridized carbons (Fsp3) is 0.364. The molecule has 0 aromatic carbocycles. The second-order valence-electron chi connectivity index (χ2n) is 2.70. The molecule has 0 fully saturated rings. The van der Waals surface area contributed by atoms with Gasteiger partial charge in [0.25, 0.3) is 0 Å². The summed E-state index contributed by atoms with van der Waals surface area (Å²) in [5, 5.41) is 0. The van der Waals surface area contributed by atoms with Crippen LogP contribution in [0.1, 0.15) is 20.8 Å². The van der Waals surface area contributed by atoms with Crippen LogP contribution in [0.4, 0.5) is 0 Å². The lowest BCUT2D eigenvalue weighted by molar-refractivity contribution is 1.38. The fourth-order valence-corrected chi connectivity index (χ4v) is 0.885. The average molecular weight is 163 g/mol. The third kappa shape index (κ3) is 3.33. The molecule has 0 N–H and O–H groups in total. The molecule has 12 heavy (non-hydrogen) atoms. The van der Waals surface area contributed by atoms with Gasteiger partial charge in [-0.05, 0) is 31.9 Å². The number of hydrogen-bond acceptors (Lipinski definition) is 1. The molecule has 0 saturated carbocycles. The van der Waals surface area contributed by atoms with Crippen molar-refractivity contribution in [1.29, 1.82) is 0 Å². The first-order chi connectivity index (χ1) is 5.63. The number of nitrogens with zero attached hydrogens (tertiary/aromatic N) is 1. The lowest BCUT2D eigenvalue weighted by atomic mass is 10.0. The highest BCUT2D eigenvalue weighted by molar-refractivity contribution is 6.02. The largest absolute Gasteiger partial charge is 0.293 e. The number of allylic oxidation sites excluding steroid dienone is 5. The topological polar surface area (TPSA) is 12.4 Å². The van der Waals surface area contributed by atoms with Gasteiger partial charge in [-0.2, -0.15) is 0 Å². The highest BCUT2D eigenvalue weighted by Crippen LogP contribution is 2.09. The van der Waals surface area contributed by atoms with Gasteiger partial charge >= 0.3 is 0 Å². The molecule has 1 nitrogen and oxygen atoms in total. The van der Waals surface area contributed by atoms with Crippen LogP contribution in [0.3, 0.4) is 0 Å². The van der Waals surface area contributed by atoms with E-state index in [1.54, 1.807) is 7.05 Å². The van der Waals surface area contributed by atoms with Crippen molar-refractivity contribution in [3.63, 3.8) is 0 Å². The highest BCUT2D eigenvalue weighted by atomic mass is 14.7. The summed E-state index contributed by atoms with van der Waals surface area (Å²) in [7, 11) is 1.79. The molecule has 0 radical (unpaired) electrons. The molecule has 0 atom stereocenters. The summed E-state index contributed by atoms with van der Waals surface area (Å²) < 4.78 is 0. The first kappa shape index (κ1) is 10.9. The van der Waals surface area contributed by atoms with Gasteiger partial charge in [-0.15, -0.1) is 0 Å². The third-order valence-corrected chi connectivity index (χ3v) is 1.64. The first-order valence-corrected chi connectivity index (χ1v) is 4.06. The van der Waals surface area contributed by atoms with E-state index < -0.39 is 0 Å². The molecule has 0 aliphatic carbocycles. The summed E-state index contributed by atoms with van der Waals surface area (Å²) in [5.41, 5.74) is 3.20. The van der Waals surface area contributed by atoms with E-state index in [1.807, 2.05) is 39.0 Å². The van der Waals surface area contributed by atoms with E-state index in [2.05, 4.69) is 11.6 Å². The van der Waals surface area contributed by atoms with Crippen molar-refractivity contribution in [2.75, 3.05) is 7.05 Å². The van der Waals surface area contributed by atoms with Crippen LogP contribution in [0, 0.1) is 0 Å². The van der Waals surface area contributed by atoms with Crippen molar-refractivity contribution in [3.05, 3.63) is 36.0 Å². The Hall–Kier alpha value is -1.11. The Kier molecular flexibility index (Phi) is 5.02. The van der Waals surface area contributed by atoms with Gasteiger partial charge < -0.3 is 0 Å². The molecule has 0 saturated heterocycles. The summed E-state index contributed by atoms with van der Waals surface area (Å²) in [6, 6.07) is 0. The normalized spacial score (nSPS) is 14.0. The molecule has 66 valence electrons. The van der Waals surface area contributed by atoms with Gasteiger partial charge in [0, 0.05) is 12.8 Å². The predicted molar refractivity (Wildman–Crippen MR) is 56.7 cm³/mol. The van der Waals surface area contributed by atoms with E-state index in [0.29, 0.717) is 0 Å². The van der Waals surface area contributed by atoms with Crippen LogP contribution in [0.2, 0.25) is 0 Å². The lowest BCUT2D eigenvalue weighted by Crippen LogP contribution is -1.97. The molecule has 0 aliphatic rings. The zero-order valence-electron chi connectivity index (χ0n) is 8.39. The Balaban J connectivity index is 4.79. The van der Waals surface area contributed by atoms with Crippen LogP contribution in [0.15, 0.2) is 40.9 Å². The molecule has 0 aliphatic heterocycles. The monoisotopic (exact) mass is 163 g/mol. The van der Waals surface area contributed by atoms with Crippen LogP contribution >= 0.6 is 0 Å². The molecular weight excluding hydrogens is 146 g/mol. The van der Waals surface area contributed by atoms with Gasteiger partial charge in [0.2, 0.25) is 0 Å². The van der Waals surface area contributed by atoms with Gasteiger partial charge in [0.15, 0.2) is 0 Å². The van der Waals surface area contributed by atoms with Crippen LogP contribution in [0.5, 0.6) is 0 Å². The van der Waals surface area contributed by atoms with Crippen LogP contribution < -0.4 is 0 Å². The minimum Gasteiger partial charge on any atom is -0.293 e. The van der Waals surface area contributed by atoms with Crippen molar-refractivity contribution in [2.24, 2.45) is 4.99 Å². The van der Waals surface area contributed by atoms with Gasteiger partial charge in [0.1, 0.15) is 0 Å². The molecule has 0 heterocycles. The molecule has 0 unspecified atom stereocenters. The summed E-state index contributed by atoms with van der Waals surface area (Å²) in [6.45, 7) is 9.87. The summed E-state index contributed by atoms with van der Waals surface area (Å²) >= 11 is 0. The van der Waals surface area contributed by atoms with Crippen molar-refractivity contribution in [1.82, 2.24) is 0 Å². The lowest BCUT2D eigenvalue weighted by Gasteiger charge is -2.03. The van der Waals surface area contributed by atoms with Gasteiger partial charge in [-0.25, -0.2) is 0 Å². The van der Waals surface area contributed by atoms with Gasteiger partial charge in [-0.3, -0.25) is 4.99 Å². The summed E-state index contributed by atoms with van der Waals surface area (Å²) in [5.74, 6) is 0. The number of hydrogen-bond donors (Lipinski definition) is 0. The van der Waals surface area contributed by atoms with E-state index in [9.17, 15) is 0 Å². The zero-order valence-corrected chi connectivity index (χ0v) is 8.39. The molecule has 0 rings (SSSR count). The van der Waals surface area contributed by atoms with Crippen molar-refractivity contribution >= 4 is 5.71 Å². The fourth-order valence-electron chi connectivity index (χ4n) is 0.885. The van der Waals surface area contributed by atoms with Crippen molar-refractivity contribution in [3.8, 4) is 0 Å². The molecule has 0 aromatic rings. The molecule has 0 spiro atoms. The minimum atomic E-state index is 1.03. The molecule has 0 aromatic heterocycles. The maximum Gasteiger partial charge on any atom is 0.0388 e. The van der Waals surface area contributed by atoms with E-state index in [4.69, 9.17) is 0 Å². The van der Waals surface area contributed by atoms with Crippen molar-refractivity contribution in [2.45, 2.75) is 20.8 Å². The average Bonchev–Trinajstić information content (AvgIpc) is 2.04. The van der Waals surface area contributed by atoms with Crippen molar-refractivity contribution < 1.29 is 0 Å². The maximum atomic E-state index is 4.12. The molecule has 1 heteroatoms. The van der Waals surface area contributed by atoms with Crippen LogP contribution in [0.25, 0.3) is 0 Å². The Bertz CT molecular complexity index is 242. The SMILES string of the molecule is C=C(C)C(=C\C=C/C)/C(C)=N\C. The van der Waals surface area contributed by atoms with E-state index in [0.717, 1.165) is 16.9 Å². The van der Waals surface area contributed by atoms with E-state index in [1.165, 1.54) is 0 Å². The quantitative estimate of drug-likeness (QED) is 0.447. The minimum absolute atomic E-state index is 1.03. The number of rotatable bonds is 3. The second kappa shape index (κ2) is 5.53. The Labute approximate surface area is 75.2 Å². The smallest absolute Gasteiger partial charge is 0.0388 e. The van der Waals surface area contributed by atoms with E-state index in [-0.39, 0.29) is 0 Å². The molecular formula is C11H17N. The Morgan fingerprint density at radius 1 is 1.33 bits per heavy atom. The Morgan fingerprint density at radius 3 is 2.25 bits per heavy atom. The van der Waals surface area contributed by atoms with Gasteiger partial charge in [-0.1, -0.05) is 24.8 Å². The predicted octanol–water partition coefficient (Wildman–Crippen LogP) is 3.16. The first-order valence-electron chi connectivity index (χ1n) is 4.06. The second-order valence-corrected chi connectivity index (χ2v) is 2.70. The van der Waals surface area contributed by atoms with Crippen LogP contribution in [-0.2, 0) is 0 Å². The summed E-state index contributed by atoms with van der Waals surface area (Å²) in [4.78, 5) is 4.12. The third-order valence-electron chi connectivity index (χ3n) is 1.64. The summed E-state index contributed by atoms with van der Waals surface area (Å²) in [6.07, 6.45) is 6.02. The molecule has 0 amide bonds. The van der Waals surface area contributed by atoms with E-state index >= 15 is 0 Å². The highest BCUT2D eigenvalue weighted by Gasteiger charge is 1.98. The maximum absolute atomic E-state index is 4.12.